The van der Waals surface area contributed by atoms with Crippen molar-refractivity contribution in [2.75, 3.05) is 13.1 Å². The van der Waals surface area contributed by atoms with Gasteiger partial charge in [0.25, 0.3) is 0 Å². The first-order chi connectivity index (χ1) is 8.33. The van der Waals surface area contributed by atoms with Gasteiger partial charge < -0.3 is 14.9 Å². The Morgan fingerprint density at radius 3 is 3.12 bits per heavy atom. The number of nitrogens with one attached hydrogen (secondary N) is 2. The maximum Gasteiger partial charge on any atom is 0.104 e. The summed E-state index contributed by atoms with van der Waals surface area (Å²) in [4.78, 5) is 7.66. The monoisotopic (exact) mass is 294 g/mol. The van der Waals surface area contributed by atoms with Gasteiger partial charge in [-0.3, -0.25) is 0 Å². The van der Waals surface area contributed by atoms with Crippen LogP contribution in [0.4, 0.5) is 0 Å². The molecular weight excluding hydrogens is 280 g/mol. The Morgan fingerprint density at radius 2 is 2.41 bits per heavy atom. The molecule has 2 N–H and O–H groups in total. The van der Waals surface area contributed by atoms with Gasteiger partial charge in [0.2, 0.25) is 0 Å². The normalized spacial score (nSPS) is 20.6. The molecule has 1 aliphatic rings. The lowest BCUT2D eigenvalue weighted by Crippen LogP contribution is -2.31. The van der Waals surface area contributed by atoms with Crippen LogP contribution in [0.25, 0.3) is 11.4 Å². The van der Waals surface area contributed by atoms with E-state index in [0.29, 0.717) is 6.04 Å². The fraction of sp³-hybridized carbons (Fsp3) is 0.417. The molecule has 3 heterocycles. The number of aromatic nitrogens is 3. The van der Waals surface area contributed by atoms with Gasteiger partial charge >= 0.3 is 0 Å². The third-order valence-corrected chi connectivity index (χ3v) is 3.68. The van der Waals surface area contributed by atoms with Crippen molar-refractivity contribution in [3.8, 4) is 11.4 Å². The van der Waals surface area contributed by atoms with Crippen LogP contribution in [0, 0.1) is 0 Å². The van der Waals surface area contributed by atoms with E-state index in [0.717, 1.165) is 29.0 Å². The summed E-state index contributed by atoms with van der Waals surface area (Å²) in [5, 5.41) is 3.42. The van der Waals surface area contributed by atoms with Crippen LogP contribution >= 0.6 is 15.9 Å². The minimum Gasteiger partial charge on any atom is -0.359 e. The van der Waals surface area contributed by atoms with Crippen molar-refractivity contribution in [3.63, 3.8) is 0 Å². The molecule has 0 spiro atoms. The molecule has 17 heavy (non-hydrogen) atoms. The van der Waals surface area contributed by atoms with Crippen molar-refractivity contribution >= 4 is 15.9 Å². The molecule has 1 atom stereocenters. The van der Waals surface area contributed by atoms with Crippen molar-refractivity contribution in [1.82, 2.24) is 19.9 Å². The average Bonchev–Trinajstić information content (AvgIpc) is 2.98. The fourth-order valence-corrected chi connectivity index (χ4v) is 2.62. The zero-order valence-electron chi connectivity index (χ0n) is 9.49. The molecule has 0 aromatic carbocycles. The Balaban J connectivity index is 1.82. The molecular formula is C12H15BrN4. The number of aromatic amines is 1. The van der Waals surface area contributed by atoms with Crippen LogP contribution in [0.5, 0.6) is 0 Å². The number of hydrogen-bond acceptors (Lipinski definition) is 2. The highest BCUT2D eigenvalue weighted by Gasteiger charge is 2.15. The van der Waals surface area contributed by atoms with E-state index in [2.05, 4.69) is 42.0 Å². The highest BCUT2D eigenvalue weighted by molar-refractivity contribution is 9.10. The van der Waals surface area contributed by atoms with Gasteiger partial charge in [0, 0.05) is 29.5 Å². The molecule has 0 unspecified atom stereocenters. The van der Waals surface area contributed by atoms with Crippen LogP contribution < -0.4 is 5.32 Å². The summed E-state index contributed by atoms with van der Waals surface area (Å²) in [6.07, 6.45) is 8.46. The number of piperidine rings is 1. The molecule has 2 aromatic heterocycles. The Bertz CT molecular complexity index is 496. The summed E-state index contributed by atoms with van der Waals surface area (Å²) in [5.41, 5.74) is 2.06. The van der Waals surface area contributed by atoms with Gasteiger partial charge in [-0.05, 0) is 41.4 Å². The van der Waals surface area contributed by atoms with Gasteiger partial charge in [-0.15, -0.1) is 0 Å². The summed E-state index contributed by atoms with van der Waals surface area (Å²) in [5.74, 6) is 0. The van der Waals surface area contributed by atoms with Gasteiger partial charge in [0.1, 0.15) is 5.69 Å². The predicted molar refractivity (Wildman–Crippen MR) is 70.9 cm³/mol. The third-order valence-electron chi connectivity index (χ3n) is 3.22. The zero-order chi connectivity index (χ0) is 11.7. The summed E-state index contributed by atoms with van der Waals surface area (Å²) < 4.78 is 3.28. The lowest BCUT2D eigenvalue weighted by molar-refractivity contribution is 0.371. The standard InChI is InChI=1S/C12H15BrN4/c13-9-4-11(15-5-9)12-7-17(8-16-12)10-2-1-3-14-6-10/h4-5,7-8,10,14-15H,1-3,6H2/t10-/m0/s1. The van der Waals surface area contributed by atoms with Crippen molar-refractivity contribution < 1.29 is 0 Å². The molecule has 0 radical (unpaired) electrons. The predicted octanol–water partition coefficient (Wildman–Crippen LogP) is 2.57. The number of nitrogens with zero attached hydrogens (tertiary/aromatic N) is 2. The summed E-state index contributed by atoms with van der Waals surface area (Å²) in [6.45, 7) is 2.19. The molecule has 0 aliphatic carbocycles. The quantitative estimate of drug-likeness (QED) is 0.894. The maximum atomic E-state index is 4.46. The number of halogens is 1. The summed E-state index contributed by atoms with van der Waals surface area (Å²) >= 11 is 3.44. The van der Waals surface area contributed by atoms with Gasteiger partial charge in [-0.25, -0.2) is 4.98 Å². The van der Waals surface area contributed by atoms with Crippen LogP contribution in [0.2, 0.25) is 0 Å². The van der Waals surface area contributed by atoms with E-state index < -0.39 is 0 Å². The zero-order valence-corrected chi connectivity index (χ0v) is 11.1. The molecule has 0 bridgehead atoms. The lowest BCUT2D eigenvalue weighted by Gasteiger charge is -2.23. The minimum atomic E-state index is 0.545. The second-order valence-corrected chi connectivity index (χ2v) is 5.35. The van der Waals surface area contributed by atoms with E-state index >= 15 is 0 Å². The minimum absolute atomic E-state index is 0.545. The van der Waals surface area contributed by atoms with Crippen LogP contribution in [0.15, 0.2) is 29.3 Å². The Labute approximate surface area is 109 Å². The van der Waals surface area contributed by atoms with E-state index in [1.807, 2.05) is 18.6 Å². The first-order valence-electron chi connectivity index (χ1n) is 5.91. The van der Waals surface area contributed by atoms with Crippen molar-refractivity contribution in [2.24, 2.45) is 0 Å². The number of H-pyrrole nitrogens is 1. The highest BCUT2D eigenvalue weighted by atomic mass is 79.9. The smallest absolute Gasteiger partial charge is 0.104 e. The first-order valence-corrected chi connectivity index (χ1v) is 6.71. The first kappa shape index (κ1) is 11.0. The van der Waals surface area contributed by atoms with Gasteiger partial charge in [-0.2, -0.15) is 0 Å². The van der Waals surface area contributed by atoms with E-state index in [9.17, 15) is 0 Å². The van der Waals surface area contributed by atoms with Gasteiger partial charge in [0.15, 0.2) is 0 Å². The number of imidazole rings is 1. The van der Waals surface area contributed by atoms with Crippen molar-refractivity contribution in [1.29, 1.82) is 0 Å². The van der Waals surface area contributed by atoms with E-state index in [-0.39, 0.29) is 0 Å². The molecule has 3 rings (SSSR count). The van der Waals surface area contributed by atoms with Crippen molar-refractivity contribution in [2.45, 2.75) is 18.9 Å². The molecule has 0 saturated carbocycles. The molecule has 2 aromatic rings. The van der Waals surface area contributed by atoms with Crippen molar-refractivity contribution in [3.05, 3.63) is 29.3 Å². The molecule has 90 valence electrons. The van der Waals surface area contributed by atoms with E-state index in [1.165, 1.54) is 12.8 Å². The molecule has 4 nitrogen and oxygen atoms in total. The van der Waals surface area contributed by atoms with Gasteiger partial charge in [-0.1, -0.05) is 0 Å². The third kappa shape index (κ3) is 2.30. The van der Waals surface area contributed by atoms with E-state index in [4.69, 9.17) is 0 Å². The highest BCUT2D eigenvalue weighted by Crippen LogP contribution is 2.23. The topological polar surface area (TPSA) is 45.6 Å². The number of rotatable bonds is 2. The van der Waals surface area contributed by atoms with E-state index in [1.54, 1.807) is 0 Å². The maximum absolute atomic E-state index is 4.46. The molecule has 0 amide bonds. The van der Waals surface area contributed by atoms with Crippen LogP contribution in [-0.2, 0) is 0 Å². The Kier molecular flexibility index (Phi) is 3.03. The Morgan fingerprint density at radius 1 is 1.47 bits per heavy atom. The second kappa shape index (κ2) is 4.66. The average molecular weight is 295 g/mol. The Hall–Kier alpha value is -1.07. The van der Waals surface area contributed by atoms with Crippen LogP contribution in [0.3, 0.4) is 0 Å². The van der Waals surface area contributed by atoms with Crippen LogP contribution in [0.1, 0.15) is 18.9 Å². The lowest BCUT2D eigenvalue weighted by atomic mass is 10.1. The molecule has 1 aliphatic heterocycles. The fourth-order valence-electron chi connectivity index (χ4n) is 2.28. The molecule has 1 fully saturated rings. The second-order valence-electron chi connectivity index (χ2n) is 4.44. The largest absolute Gasteiger partial charge is 0.359 e. The molecule has 5 heteroatoms. The SMILES string of the molecule is Brc1c[nH]c(-c2cn([C@H]3CCCNC3)cn2)c1. The summed E-state index contributed by atoms with van der Waals surface area (Å²) in [7, 11) is 0. The van der Waals surface area contributed by atoms with Gasteiger partial charge in [0.05, 0.1) is 12.0 Å². The molecule has 1 saturated heterocycles. The van der Waals surface area contributed by atoms with Crippen LogP contribution in [-0.4, -0.2) is 27.6 Å². The number of hydrogen-bond donors (Lipinski definition) is 2. The summed E-state index contributed by atoms with van der Waals surface area (Å²) in [6, 6.07) is 2.59.